The number of benzene rings is 1. The number of rotatable bonds is 4. The van der Waals surface area contributed by atoms with Crippen molar-refractivity contribution in [3.8, 4) is 11.5 Å². The van der Waals surface area contributed by atoms with Crippen LogP contribution in [0.4, 0.5) is 11.9 Å². The smallest absolute Gasteiger partial charge is 0.231 e. The lowest BCUT2D eigenvalue weighted by Gasteiger charge is -2.06. The van der Waals surface area contributed by atoms with E-state index >= 15 is 0 Å². The first kappa shape index (κ1) is 15.8. The third kappa shape index (κ3) is 3.97. The minimum atomic E-state index is 0.225. The molecule has 22 heavy (non-hydrogen) atoms. The van der Waals surface area contributed by atoms with Gasteiger partial charge in [-0.05, 0) is 31.0 Å². The minimum Gasteiger partial charge on any atom is -0.454 e. The fraction of sp³-hybridized carbons (Fsp3) is 0.400. The SMILES string of the molecule is CC.Cc1nc(N)nc(NCCc2ccc3c(c2)OCO3)n1. The molecule has 3 N–H and O–H groups in total. The highest BCUT2D eigenvalue weighted by Crippen LogP contribution is 2.32. The normalized spacial score (nSPS) is 11.6. The van der Waals surface area contributed by atoms with Crippen LogP contribution in [0.2, 0.25) is 0 Å². The van der Waals surface area contributed by atoms with E-state index in [-0.39, 0.29) is 5.95 Å². The summed E-state index contributed by atoms with van der Waals surface area (Å²) in [4.78, 5) is 12.1. The van der Waals surface area contributed by atoms with Crippen molar-refractivity contribution in [2.24, 2.45) is 0 Å². The van der Waals surface area contributed by atoms with E-state index in [1.165, 1.54) is 0 Å². The molecule has 0 saturated heterocycles. The Hall–Kier alpha value is -2.57. The molecule has 0 bridgehead atoms. The van der Waals surface area contributed by atoms with Gasteiger partial charge in [0.1, 0.15) is 5.82 Å². The standard InChI is InChI=1S/C13H15N5O2.C2H6/c1-8-16-12(14)18-13(17-8)15-5-4-9-2-3-10-11(6-9)20-7-19-10;1-2/h2-3,6H,4-5,7H2,1H3,(H3,14,15,16,17,18);1-2H3. The number of anilines is 2. The molecule has 1 aliphatic heterocycles. The van der Waals surface area contributed by atoms with E-state index in [1.54, 1.807) is 6.92 Å². The van der Waals surface area contributed by atoms with Crippen LogP contribution in [0.15, 0.2) is 18.2 Å². The zero-order chi connectivity index (χ0) is 15.9. The van der Waals surface area contributed by atoms with Gasteiger partial charge < -0.3 is 20.5 Å². The molecule has 1 aromatic carbocycles. The van der Waals surface area contributed by atoms with Crippen LogP contribution in [0.3, 0.4) is 0 Å². The van der Waals surface area contributed by atoms with Crippen LogP contribution in [0.5, 0.6) is 11.5 Å². The molecule has 0 unspecified atom stereocenters. The van der Waals surface area contributed by atoms with E-state index in [0.29, 0.717) is 25.1 Å². The Kier molecular flexibility index (Phi) is 5.35. The number of nitrogens with one attached hydrogen (secondary N) is 1. The Balaban J connectivity index is 0.000000847. The molecule has 1 aromatic heterocycles. The highest BCUT2D eigenvalue weighted by atomic mass is 16.7. The van der Waals surface area contributed by atoms with Gasteiger partial charge in [0, 0.05) is 6.54 Å². The maximum atomic E-state index is 5.57. The highest BCUT2D eigenvalue weighted by Gasteiger charge is 2.12. The summed E-state index contributed by atoms with van der Waals surface area (Å²) in [6.07, 6.45) is 0.821. The molecule has 0 amide bonds. The van der Waals surface area contributed by atoms with E-state index in [0.717, 1.165) is 23.5 Å². The van der Waals surface area contributed by atoms with E-state index < -0.39 is 0 Å². The molecule has 118 valence electrons. The van der Waals surface area contributed by atoms with E-state index in [1.807, 2.05) is 32.0 Å². The zero-order valence-corrected chi connectivity index (χ0v) is 13.1. The van der Waals surface area contributed by atoms with Gasteiger partial charge >= 0.3 is 0 Å². The van der Waals surface area contributed by atoms with Crippen LogP contribution in [-0.2, 0) is 6.42 Å². The summed E-state index contributed by atoms with van der Waals surface area (Å²) in [7, 11) is 0. The predicted molar refractivity (Wildman–Crippen MR) is 85.1 cm³/mol. The van der Waals surface area contributed by atoms with Gasteiger partial charge in [0.25, 0.3) is 0 Å². The Morgan fingerprint density at radius 2 is 1.91 bits per heavy atom. The summed E-state index contributed by atoms with van der Waals surface area (Å²) < 4.78 is 10.6. The second kappa shape index (κ2) is 7.44. The summed E-state index contributed by atoms with van der Waals surface area (Å²) in [6.45, 7) is 6.77. The molecule has 2 aromatic rings. The van der Waals surface area contributed by atoms with Gasteiger partial charge in [-0.3, -0.25) is 0 Å². The first-order valence-electron chi connectivity index (χ1n) is 7.31. The lowest BCUT2D eigenvalue weighted by Crippen LogP contribution is -2.11. The lowest BCUT2D eigenvalue weighted by atomic mass is 10.1. The quantitative estimate of drug-likeness (QED) is 0.893. The summed E-state index contributed by atoms with van der Waals surface area (Å²) >= 11 is 0. The van der Waals surface area contributed by atoms with Gasteiger partial charge in [-0.1, -0.05) is 19.9 Å². The fourth-order valence-corrected chi connectivity index (χ4v) is 2.00. The van der Waals surface area contributed by atoms with Gasteiger partial charge in [-0.25, -0.2) is 0 Å². The number of aromatic nitrogens is 3. The van der Waals surface area contributed by atoms with Crippen LogP contribution in [0.25, 0.3) is 0 Å². The molecule has 0 fully saturated rings. The summed E-state index contributed by atoms with van der Waals surface area (Å²) in [5.41, 5.74) is 6.72. The van der Waals surface area contributed by atoms with E-state index in [9.17, 15) is 0 Å². The molecule has 0 radical (unpaired) electrons. The summed E-state index contributed by atoms with van der Waals surface area (Å²) in [6, 6.07) is 5.92. The second-order valence-corrected chi connectivity index (χ2v) is 4.43. The lowest BCUT2D eigenvalue weighted by molar-refractivity contribution is 0.174. The van der Waals surface area contributed by atoms with Gasteiger partial charge in [0.15, 0.2) is 11.5 Å². The van der Waals surface area contributed by atoms with Gasteiger partial charge in [-0.15, -0.1) is 0 Å². The number of nitrogens with two attached hydrogens (primary N) is 1. The Morgan fingerprint density at radius 1 is 1.14 bits per heavy atom. The molecule has 0 saturated carbocycles. The molecule has 0 atom stereocenters. The zero-order valence-electron chi connectivity index (χ0n) is 13.1. The van der Waals surface area contributed by atoms with Crippen molar-refractivity contribution in [3.63, 3.8) is 0 Å². The van der Waals surface area contributed by atoms with Crippen LogP contribution in [0, 0.1) is 6.92 Å². The van der Waals surface area contributed by atoms with Crippen molar-refractivity contribution < 1.29 is 9.47 Å². The monoisotopic (exact) mass is 303 g/mol. The van der Waals surface area contributed by atoms with Crippen molar-refractivity contribution in [1.82, 2.24) is 15.0 Å². The molecular weight excluding hydrogens is 282 g/mol. The predicted octanol–water partition coefficient (Wildman–Crippen LogP) is 2.17. The van der Waals surface area contributed by atoms with Gasteiger partial charge in [-0.2, -0.15) is 15.0 Å². The van der Waals surface area contributed by atoms with Crippen molar-refractivity contribution in [3.05, 3.63) is 29.6 Å². The van der Waals surface area contributed by atoms with Crippen LogP contribution in [-0.4, -0.2) is 28.3 Å². The molecule has 2 heterocycles. The number of fused-ring (bicyclic) bond motifs is 1. The van der Waals surface area contributed by atoms with Gasteiger partial charge in [0.2, 0.25) is 18.7 Å². The van der Waals surface area contributed by atoms with Crippen LogP contribution < -0.4 is 20.5 Å². The van der Waals surface area contributed by atoms with Crippen molar-refractivity contribution in [2.45, 2.75) is 27.2 Å². The first-order valence-corrected chi connectivity index (χ1v) is 7.31. The third-order valence-corrected chi connectivity index (χ3v) is 2.90. The summed E-state index contributed by atoms with van der Waals surface area (Å²) in [5.74, 6) is 2.91. The topological polar surface area (TPSA) is 95.2 Å². The van der Waals surface area contributed by atoms with Gasteiger partial charge in [0.05, 0.1) is 0 Å². The number of hydrogen-bond donors (Lipinski definition) is 2. The molecule has 0 aliphatic carbocycles. The highest BCUT2D eigenvalue weighted by molar-refractivity contribution is 5.44. The number of ether oxygens (including phenoxy) is 2. The maximum Gasteiger partial charge on any atom is 0.231 e. The molecule has 7 heteroatoms. The number of aryl methyl sites for hydroxylation is 1. The van der Waals surface area contributed by atoms with Crippen molar-refractivity contribution >= 4 is 11.9 Å². The fourth-order valence-electron chi connectivity index (χ4n) is 2.00. The third-order valence-electron chi connectivity index (χ3n) is 2.90. The molecule has 1 aliphatic rings. The van der Waals surface area contributed by atoms with E-state index in [2.05, 4.69) is 20.3 Å². The average molecular weight is 303 g/mol. The maximum absolute atomic E-state index is 5.57. The first-order chi connectivity index (χ1) is 10.7. The molecular formula is C15H21N5O2. The summed E-state index contributed by atoms with van der Waals surface area (Å²) in [5, 5.41) is 3.13. The van der Waals surface area contributed by atoms with Crippen LogP contribution >= 0.6 is 0 Å². The minimum absolute atomic E-state index is 0.225. The van der Waals surface area contributed by atoms with Crippen molar-refractivity contribution in [1.29, 1.82) is 0 Å². The van der Waals surface area contributed by atoms with Crippen LogP contribution in [0.1, 0.15) is 25.2 Å². The number of hydrogen-bond acceptors (Lipinski definition) is 7. The second-order valence-electron chi connectivity index (χ2n) is 4.43. The van der Waals surface area contributed by atoms with Crippen molar-refractivity contribution in [2.75, 3.05) is 24.4 Å². The number of nitrogen functional groups attached to an aromatic ring is 1. The Morgan fingerprint density at radius 3 is 2.68 bits per heavy atom. The largest absolute Gasteiger partial charge is 0.454 e. The molecule has 0 spiro atoms. The Bertz CT molecular complexity index is 613. The van der Waals surface area contributed by atoms with E-state index in [4.69, 9.17) is 15.2 Å². The molecule has 3 rings (SSSR count). The Labute approximate surface area is 129 Å². The number of nitrogens with zero attached hydrogens (tertiary/aromatic N) is 3. The molecule has 7 nitrogen and oxygen atoms in total. The average Bonchev–Trinajstić information content (AvgIpc) is 2.96.